The molecular weight excluding hydrogens is 274 g/mol. The third kappa shape index (κ3) is 2.53. The van der Waals surface area contributed by atoms with E-state index in [9.17, 15) is 14.4 Å². The normalized spacial score (nSPS) is 14.6. The van der Waals surface area contributed by atoms with Crippen molar-refractivity contribution in [2.24, 2.45) is 0 Å². The number of nitrogens with zero attached hydrogens (tertiary/aromatic N) is 2. The van der Waals surface area contributed by atoms with Crippen LogP contribution in [0.3, 0.4) is 0 Å². The highest BCUT2D eigenvalue weighted by Crippen LogP contribution is 2.21. The Morgan fingerprint density at radius 3 is 2.62 bits per heavy atom. The third-order valence-corrected chi connectivity index (χ3v) is 3.07. The number of para-hydroxylation sites is 1. The summed E-state index contributed by atoms with van der Waals surface area (Å²) in [4.78, 5) is 43.5. The Morgan fingerprint density at radius 2 is 1.86 bits per heavy atom. The number of benzene rings is 1. The molecule has 0 unspecified atom stereocenters. The second-order valence-electron chi connectivity index (χ2n) is 4.46. The van der Waals surface area contributed by atoms with Crippen molar-refractivity contribution in [2.45, 2.75) is 12.8 Å². The van der Waals surface area contributed by atoms with Gasteiger partial charge in [-0.05, 0) is 12.1 Å². The van der Waals surface area contributed by atoms with E-state index in [0.29, 0.717) is 16.3 Å². The van der Waals surface area contributed by atoms with Gasteiger partial charge in [0, 0.05) is 24.4 Å². The summed E-state index contributed by atoms with van der Waals surface area (Å²) < 4.78 is 0. The van der Waals surface area contributed by atoms with Gasteiger partial charge in [-0.1, -0.05) is 18.2 Å². The summed E-state index contributed by atoms with van der Waals surface area (Å²) in [6.45, 7) is 0. The molecule has 1 fully saturated rings. The predicted molar refractivity (Wildman–Crippen MR) is 72.9 cm³/mol. The van der Waals surface area contributed by atoms with Crippen LogP contribution in [0.5, 0.6) is 0 Å². The predicted octanol–water partition coefficient (Wildman–Crippen LogP) is 1.85. The summed E-state index contributed by atoms with van der Waals surface area (Å²) in [5.74, 6) is -1.04. The number of anilines is 1. The van der Waals surface area contributed by atoms with E-state index in [4.69, 9.17) is 4.84 Å². The van der Waals surface area contributed by atoms with E-state index in [1.54, 1.807) is 24.4 Å². The molecule has 0 bridgehead atoms. The van der Waals surface area contributed by atoms with Crippen molar-refractivity contribution in [3.8, 4) is 0 Å². The molecule has 7 nitrogen and oxygen atoms in total. The number of fused-ring (bicyclic) bond motifs is 1. The third-order valence-electron chi connectivity index (χ3n) is 3.07. The lowest BCUT2D eigenvalue weighted by Gasteiger charge is -2.13. The topological polar surface area (TPSA) is 88.6 Å². The van der Waals surface area contributed by atoms with E-state index >= 15 is 0 Å². The molecule has 2 heterocycles. The Balaban J connectivity index is 1.78. The largest absolute Gasteiger partial charge is 0.436 e. The number of hydroxylamine groups is 2. The van der Waals surface area contributed by atoms with Gasteiger partial charge in [-0.3, -0.25) is 19.9 Å². The minimum atomic E-state index is -0.894. The molecule has 1 saturated heterocycles. The monoisotopic (exact) mass is 285 g/mol. The standard InChI is InChI=1S/C14H11N3O4/c18-12-5-6-13(19)17(12)21-14(20)16-11-7-8-15-10-4-2-1-3-9(10)11/h1-4,7-8H,5-6H2,(H,15,16,20). The average molecular weight is 285 g/mol. The quantitative estimate of drug-likeness (QED) is 0.850. The van der Waals surface area contributed by atoms with Gasteiger partial charge in [0.2, 0.25) is 0 Å². The number of nitrogens with one attached hydrogen (secondary N) is 1. The number of carbonyl (C=O) groups is 3. The molecule has 0 atom stereocenters. The van der Waals surface area contributed by atoms with Crippen molar-refractivity contribution in [1.82, 2.24) is 10.0 Å². The summed E-state index contributed by atoms with van der Waals surface area (Å²) in [6.07, 6.45) is 0.772. The summed E-state index contributed by atoms with van der Waals surface area (Å²) in [6, 6.07) is 8.85. The van der Waals surface area contributed by atoms with Crippen LogP contribution in [-0.4, -0.2) is 28.0 Å². The number of pyridine rings is 1. The fourth-order valence-electron chi connectivity index (χ4n) is 2.08. The molecule has 0 radical (unpaired) electrons. The number of rotatable bonds is 2. The first-order valence-electron chi connectivity index (χ1n) is 6.33. The lowest BCUT2D eigenvalue weighted by Crippen LogP contribution is -2.33. The molecular formula is C14H11N3O4. The summed E-state index contributed by atoms with van der Waals surface area (Å²) >= 11 is 0. The number of carbonyl (C=O) groups excluding carboxylic acids is 3. The van der Waals surface area contributed by atoms with E-state index in [-0.39, 0.29) is 12.8 Å². The van der Waals surface area contributed by atoms with Gasteiger partial charge in [0.05, 0.1) is 11.2 Å². The van der Waals surface area contributed by atoms with E-state index in [0.717, 1.165) is 5.39 Å². The van der Waals surface area contributed by atoms with E-state index < -0.39 is 17.9 Å². The SMILES string of the molecule is O=C(Nc1ccnc2ccccc12)ON1C(=O)CCC1=O. The molecule has 2 aromatic rings. The fraction of sp³-hybridized carbons (Fsp3) is 0.143. The van der Waals surface area contributed by atoms with Crippen LogP contribution in [0.2, 0.25) is 0 Å². The van der Waals surface area contributed by atoms with Gasteiger partial charge in [-0.25, -0.2) is 4.79 Å². The van der Waals surface area contributed by atoms with Gasteiger partial charge in [0.1, 0.15) is 0 Å². The zero-order valence-corrected chi connectivity index (χ0v) is 10.9. The second-order valence-corrected chi connectivity index (χ2v) is 4.46. The number of hydrogen-bond donors (Lipinski definition) is 1. The molecule has 1 aromatic carbocycles. The average Bonchev–Trinajstić information content (AvgIpc) is 2.79. The van der Waals surface area contributed by atoms with Gasteiger partial charge in [-0.2, -0.15) is 0 Å². The van der Waals surface area contributed by atoms with E-state index in [2.05, 4.69) is 10.3 Å². The molecule has 7 heteroatoms. The molecule has 1 N–H and O–H groups in total. The number of imide groups is 1. The first-order chi connectivity index (χ1) is 10.1. The van der Waals surface area contributed by atoms with E-state index in [1.165, 1.54) is 0 Å². The smallest absolute Gasteiger partial charge is 0.311 e. The molecule has 0 spiro atoms. The van der Waals surface area contributed by atoms with Crippen molar-refractivity contribution in [2.75, 3.05) is 5.32 Å². The lowest BCUT2D eigenvalue weighted by molar-refractivity contribution is -0.170. The van der Waals surface area contributed by atoms with Gasteiger partial charge < -0.3 is 4.84 Å². The number of amides is 3. The molecule has 3 rings (SSSR count). The maximum Gasteiger partial charge on any atom is 0.436 e. The molecule has 21 heavy (non-hydrogen) atoms. The van der Waals surface area contributed by atoms with Crippen LogP contribution >= 0.6 is 0 Å². The first-order valence-corrected chi connectivity index (χ1v) is 6.33. The van der Waals surface area contributed by atoms with E-state index in [1.807, 2.05) is 12.1 Å². The first kappa shape index (κ1) is 13.0. The molecule has 3 amide bonds. The number of hydrogen-bond acceptors (Lipinski definition) is 5. The van der Waals surface area contributed by atoms with Crippen LogP contribution in [-0.2, 0) is 14.4 Å². The Kier molecular flexibility index (Phi) is 3.23. The Bertz CT molecular complexity index is 723. The Morgan fingerprint density at radius 1 is 1.14 bits per heavy atom. The molecule has 0 saturated carbocycles. The maximum atomic E-state index is 11.8. The summed E-state index contributed by atoms with van der Waals surface area (Å²) in [7, 11) is 0. The Labute approximate surface area is 119 Å². The highest BCUT2D eigenvalue weighted by atomic mass is 16.7. The fourth-order valence-corrected chi connectivity index (χ4v) is 2.08. The van der Waals surface area contributed by atoms with Crippen molar-refractivity contribution < 1.29 is 19.2 Å². The van der Waals surface area contributed by atoms with Crippen LogP contribution in [0.4, 0.5) is 10.5 Å². The van der Waals surface area contributed by atoms with Crippen LogP contribution in [0.25, 0.3) is 10.9 Å². The maximum absolute atomic E-state index is 11.8. The van der Waals surface area contributed by atoms with Crippen LogP contribution < -0.4 is 5.32 Å². The van der Waals surface area contributed by atoms with Crippen molar-refractivity contribution in [3.63, 3.8) is 0 Å². The van der Waals surface area contributed by atoms with Gasteiger partial charge >= 0.3 is 6.09 Å². The lowest BCUT2D eigenvalue weighted by atomic mass is 10.2. The second kappa shape index (κ2) is 5.20. The molecule has 106 valence electrons. The zero-order valence-electron chi connectivity index (χ0n) is 10.9. The zero-order chi connectivity index (χ0) is 14.8. The minimum Gasteiger partial charge on any atom is -0.311 e. The highest BCUT2D eigenvalue weighted by Gasteiger charge is 2.32. The van der Waals surface area contributed by atoms with Gasteiger partial charge in [0.25, 0.3) is 11.8 Å². The molecule has 1 aliphatic rings. The molecule has 1 aliphatic heterocycles. The minimum absolute atomic E-state index is 0.0598. The van der Waals surface area contributed by atoms with Crippen LogP contribution in [0, 0.1) is 0 Å². The van der Waals surface area contributed by atoms with Gasteiger partial charge in [0.15, 0.2) is 0 Å². The highest BCUT2D eigenvalue weighted by molar-refractivity contribution is 6.03. The van der Waals surface area contributed by atoms with Crippen LogP contribution in [0.1, 0.15) is 12.8 Å². The van der Waals surface area contributed by atoms with Gasteiger partial charge in [-0.15, -0.1) is 5.06 Å². The van der Waals surface area contributed by atoms with Crippen molar-refractivity contribution in [1.29, 1.82) is 0 Å². The van der Waals surface area contributed by atoms with Crippen molar-refractivity contribution in [3.05, 3.63) is 36.5 Å². The Hall–Kier alpha value is -2.96. The summed E-state index contributed by atoms with van der Waals surface area (Å²) in [5, 5.41) is 3.74. The number of aromatic nitrogens is 1. The van der Waals surface area contributed by atoms with Crippen molar-refractivity contribution >= 4 is 34.5 Å². The molecule has 1 aromatic heterocycles. The molecule has 0 aliphatic carbocycles. The van der Waals surface area contributed by atoms with Crippen LogP contribution in [0.15, 0.2) is 36.5 Å². The summed E-state index contributed by atoms with van der Waals surface area (Å²) in [5.41, 5.74) is 1.20.